The van der Waals surface area contributed by atoms with Crippen LogP contribution in [0.25, 0.3) is 21.9 Å². The van der Waals surface area contributed by atoms with Gasteiger partial charge < -0.3 is 19.5 Å². The van der Waals surface area contributed by atoms with Crippen LogP contribution in [0.5, 0.6) is 11.6 Å². The van der Waals surface area contributed by atoms with Gasteiger partial charge in [0.15, 0.2) is 5.88 Å². The first-order chi connectivity index (χ1) is 14.8. The molecule has 0 fully saturated rings. The van der Waals surface area contributed by atoms with E-state index in [1.165, 1.54) is 4.57 Å². The van der Waals surface area contributed by atoms with Gasteiger partial charge in [-0.3, -0.25) is 4.79 Å². The van der Waals surface area contributed by atoms with Gasteiger partial charge in [0, 0.05) is 28.5 Å². The number of hydrogen-bond acceptors (Lipinski definition) is 3. The van der Waals surface area contributed by atoms with Crippen molar-refractivity contribution in [2.45, 2.75) is 20.0 Å². The lowest BCUT2D eigenvalue weighted by Crippen LogP contribution is -2.05. The third-order valence-corrected chi connectivity index (χ3v) is 5.65. The van der Waals surface area contributed by atoms with Gasteiger partial charge >= 0.3 is 5.97 Å². The predicted octanol–water partition coefficient (Wildman–Crippen LogP) is 5.72. The standard InChI is InChI=1S/C25H22ClNO4/c1-15-10-18(26)6-8-20(15)17-5-3-4-16(11-17)14-31-19-7-9-21-22(12-19)25(30)27(2)23(21)13-24(28)29/h3-12,30H,13-14H2,1-2H3,(H,28,29). The number of halogens is 1. The largest absolute Gasteiger partial charge is 0.494 e. The number of nitrogens with zero attached hydrogens (tertiary/aromatic N) is 1. The van der Waals surface area contributed by atoms with E-state index in [1.54, 1.807) is 25.2 Å². The monoisotopic (exact) mass is 435 g/mol. The van der Waals surface area contributed by atoms with Gasteiger partial charge in [-0.2, -0.15) is 0 Å². The number of aryl methyl sites for hydroxylation is 1. The van der Waals surface area contributed by atoms with Crippen molar-refractivity contribution in [1.82, 2.24) is 4.57 Å². The van der Waals surface area contributed by atoms with Crippen LogP contribution in [-0.4, -0.2) is 20.7 Å². The second-order valence-electron chi connectivity index (χ2n) is 7.56. The Kier molecular flexibility index (Phi) is 5.61. The predicted molar refractivity (Wildman–Crippen MR) is 122 cm³/mol. The number of aromatic nitrogens is 1. The highest BCUT2D eigenvalue weighted by atomic mass is 35.5. The van der Waals surface area contributed by atoms with Gasteiger partial charge in [-0.1, -0.05) is 35.9 Å². The Labute approximate surface area is 185 Å². The van der Waals surface area contributed by atoms with E-state index in [2.05, 4.69) is 12.1 Å². The molecule has 6 heteroatoms. The maximum Gasteiger partial charge on any atom is 0.309 e. The van der Waals surface area contributed by atoms with Crippen molar-refractivity contribution in [2.24, 2.45) is 7.05 Å². The summed E-state index contributed by atoms with van der Waals surface area (Å²) in [5.41, 5.74) is 4.87. The topological polar surface area (TPSA) is 71.7 Å². The van der Waals surface area contributed by atoms with E-state index in [1.807, 2.05) is 37.3 Å². The molecule has 0 aliphatic carbocycles. The molecule has 0 atom stereocenters. The zero-order chi connectivity index (χ0) is 22.1. The molecule has 158 valence electrons. The Morgan fingerprint density at radius 1 is 1.06 bits per heavy atom. The minimum atomic E-state index is -0.946. The van der Waals surface area contributed by atoms with Crippen molar-refractivity contribution in [3.05, 3.63) is 82.5 Å². The van der Waals surface area contributed by atoms with E-state index in [-0.39, 0.29) is 12.3 Å². The van der Waals surface area contributed by atoms with E-state index in [0.29, 0.717) is 33.8 Å². The molecular formula is C25H22ClNO4. The van der Waals surface area contributed by atoms with Crippen LogP contribution in [0.2, 0.25) is 5.02 Å². The number of carboxylic acid groups (broad SMARTS) is 1. The molecule has 0 spiro atoms. The molecule has 0 amide bonds. The summed E-state index contributed by atoms with van der Waals surface area (Å²) in [6.07, 6.45) is -0.162. The molecule has 4 rings (SSSR count). The number of fused-ring (bicyclic) bond motifs is 1. The van der Waals surface area contributed by atoms with Gasteiger partial charge in [-0.05, 0) is 65.6 Å². The first-order valence-electron chi connectivity index (χ1n) is 9.84. The Hall–Kier alpha value is -3.44. The Balaban J connectivity index is 1.57. The number of aromatic hydroxyl groups is 1. The third-order valence-electron chi connectivity index (χ3n) is 5.42. The van der Waals surface area contributed by atoms with Gasteiger partial charge in [0.05, 0.1) is 6.42 Å². The number of rotatable bonds is 6. The smallest absolute Gasteiger partial charge is 0.309 e. The molecular weight excluding hydrogens is 414 g/mol. The lowest BCUT2D eigenvalue weighted by molar-refractivity contribution is -0.136. The summed E-state index contributed by atoms with van der Waals surface area (Å²) in [7, 11) is 1.65. The Morgan fingerprint density at radius 2 is 1.87 bits per heavy atom. The molecule has 0 bridgehead atoms. The zero-order valence-electron chi connectivity index (χ0n) is 17.2. The second kappa shape index (κ2) is 8.36. The number of aliphatic carboxylic acids is 1. The van der Waals surface area contributed by atoms with Crippen LogP contribution in [0.1, 0.15) is 16.8 Å². The van der Waals surface area contributed by atoms with Crippen LogP contribution < -0.4 is 4.74 Å². The fourth-order valence-corrected chi connectivity index (χ4v) is 4.07. The van der Waals surface area contributed by atoms with Crippen LogP contribution in [-0.2, 0) is 24.9 Å². The van der Waals surface area contributed by atoms with Gasteiger partial charge in [-0.25, -0.2) is 0 Å². The van der Waals surface area contributed by atoms with E-state index in [9.17, 15) is 9.90 Å². The molecule has 4 aromatic rings. The normalized spacial score (nSPS) is 11.1. The van der Waals surface area contributed by atoms with Crippen LogP contribution in [0, 0.1) is 6.92 Å². The molecule has 0 aliphatic heterocycles. The SMILES string of the molecule is Cc1cc(Cl)ccc1-c1cccc(COc2ccc3c(CC(=O)O)n(C)c(O)c3c2)c1. The lowest BCUT2D eigenvalue weighted by atomic mass is 9.99. The fraction of sp³-hybridized carbons (Fsp3) is 0.160. The number of carboxylic acids is 1. The van der Waals surface area contributed by atoms with Crippen molar-refractivity contribution in [3.63, 3.8) is 0 Å². The molecule has 0 unspecified atom stereocenters. The van der Waals surface area contributed by atoms with Crippen molar-refractivity contribution < 1.29 is 19.7 Å². The summed E-state index contributed by atoms with van der Waals surface area (Å²) in [5, 5.41) is 21.5. The van der Waals surface area contributed by atoms with E-state index in [0.717, 1.165) is 22.3 Å². The van der Waals surface area contributed by atoms with Crippen molar-refractivity contribution in [1.29, 1.82) is 0 Å². The van der Waals surface area contributed by atoms with Crippen molar-refractivity contribution in [3.8, 4) is 22.8 Å². The maximum absolute atomic E-state index is 11.1. The van der Waals surface area contributed by atoms with Gasteiger partial charge in [-0.15, -0.1) is 0 Å². The van der Waals surface area contributed by atoms with E-state index in [4.69, 9.17) is 21.4 Å². The fourth-order valence-electron chi connectivity index (χ4n) is 3.84. The maximum atomic E-state index is 11.1. The van der Waals surface area contributed by atoms with Crippen molar-refractivity contribution in [2.75, 3.05) is 0 Å². The molecule has 0 aliphatic rings. The molecule has 3 aromatic carbocycles. The summed E-state index contributed by atoms with van der Waals surface area (Å²) in [4.78, 5) is 11.1. The molecule has 1 aromatic heterocycles. The number of carbonyl (C=O) groups is 1. The highest BCUT2D eigenvalue weighted by Crippen LogP contribution is 2.34. The zero-order valence-corrected chi connectivity index (χ0v) is 18.0. The average Bonchev–Trinajstić information content (AvgIpc) is 2.96. The summed E-state index contributed by atoms with van der Waals surface area (Å²) in [6, 6.07) is 19.3. The van der Waals surface area contributed by atoms with Crippen molar-refractivity contribution >= 4 is 28.3 Å². The molecule has 2 N–H and O–H groups in total. The minimum absolute atomic E-state index is 0.0249. The molecule has 31 heavy (non-hydrogen) atoms. The molecule has 5 nitrogen and oxygen atoms in total. The van der Waals surface area contributed by atoms with Gasteiger partial charge in [0.25, 0.3) is 0 Å². The Bertz CT molecular complexity index is 1290. The average molecular weight is 436 g/mol. The molecule has 0 radical (unpaired) electrons. The van der Waals surface area contributed by atoms with Crippen LogP contribution in [0.3, 0.4) is 0 Å². The molecule has 0 saturated carbocycles. The van der Waals surface area contributed by atoms with Crippen LogP contribution in [0.4, 0.5) is 0 Å². The summed E-state index contributed by atoms with van der Waals surface area (Å²) >= 11 is 6.07. The van der Waals surface area contributed by atoms with Crippen LogP contribution in [0.15, 0.2) is 60.7 Å². The van der Waals surface area contributed by atoms with E-state index < -0.39 is 5.97 Å². The third kappa shape index (κ3) is 4.23. The first kappa shape index (κ1) is 20.8. The second-order valence-corrected chi connectivity index (χ2v) is 7.99. The highest BCUT2D eigenvalue weighted by molar-refractivity contribution is 6.30. The highest BCUT2D eigenvalue weighted by Gasteiger charge is 2.17. The summed E-state index contributed by atoms with van der Waals surface area (Å²) in [5.74, 6) is -0.320. The summed E-state index contributed by atoms with van der Waals surface area (Å²) < 4.78 is 7.47. The lowest BCUT2D eigenvalue weighted by Gasteiger charge is -2.10. The van der Waals surface area contributed by atoms with Gasteiger partial charge in [0.1, 0.15) is 12.4 Å². The first-order valence-corrected chi connectivity index (χ1v) is 10.2. The van der Waals surface area contributed by atoms with Crippen LogP contribution >= 0.6 is 11.6 Å². The number of hydrogen-bond donors (Lipinski definition) is 2. The Morgan fingerprint density at radius 3 is 2.61 bits per heavy atom. The number of ether oxygens (including phenoxy) is 1. The molecule has 1 heterocycles. The summed E-state index contributed by atoms with van der Waals surface area (Å²) in [6.45, 7) is 2.39. The quantitative estimate of drug-likeness (QED) is 0.406. The minimum Gasteiger partial charge on any atom is -0.494 e. The van der Waals surface area contributed by atoms with E-state index >= 15 is 0 Å². The molecule has 0 saturated heterocycles. The van der Waals surface area contributed by atoms with Gasteiger partial charge in [0.2, 0.25) is 0 Å². The number of benzene rings is 3.